The number of rotatable bonds is 4. The van der Waals surface area contributed by atoms with E-state index < -0.39 is 21.2 Å². The standard InChI is InChI=1S/C7H8ClNO4S2/c1-13-7(10)6-5(2-3-14-6)9-15(11,12)4-8/h2-3,9H,4H2,1H3. The van der Waals surface area contributed by atoms with Gasteiger partial charge in [0.1, 0.15) is 10.1 Å². The van der Waals surface area contributed by atoms with E-state index in [9.17, 15) is 13.2 Å². The van der Waals surface area contributed by atoms with Crippen molar-refractivity contribution >= 4 is 44.6 Å². The van der Waals surface area contributed by atoms with Gasteiger partial charge in [0.2, 0.25) is 10.0 Å². The van der Waals surface area contributed by atoms with E-state index in [-0.39, 0.29) is 10.6 Å². The lowest BCUT2D eigenvalue weighted by Crippen LogP contribution is -2.15. The fraction of sp³-hybridized carbons (Fsp3) is 0.286. The molecule has 1 rings (SSSR count). The SMILES string of the molecule is COC(=O)c1sccc1NS(=O)(=O)CCl. The Labute approximate surface area is 96.1 Å². The third-order valence-corrected chi connectivity index (χ3v) is 4.02. The summed E-state index contributed by atoms with van der Waals surface area (Å²) in [5.74, 6) is -0.586. The number of ether oxygens (including phenoxy) is 1. The molecular formula is C7H8ClNO4S2. The minimum absolute atomic E-state index is 0.188. The van der Waals surface area contributed by atoms with E-state index in [0.29, 0.717) is 0 Å². The average molecular weight is 270 g/mol. The smallest absolute Gasteiger partial charge is 0.350 e. The van der Waals surface area contributed by atoms with Gasteiger partial charge in [-0.25, -0.2) is 13.2 Å². The van der Waals surface area contributed by atoms with Crippen molar-refractivity contribution in [2.75, 3.05) is 17.0 Å². The van der Waals surface area contributed by atoms with Crippen molar-refractivity contribution in [3.05, 3.63) is 16.3 Å². The summed E-state index contributed by atoms with van der Waals surface area (Å²) in [4.78, 5) is 11.4. The Morgan fingerprint density at radius 2 is 2.33 bits per heavy atom. The average Bonchev–Trinajstić information content (AvgIpc) is 2.64. The van der Waals surface area contributed by atoms with Gasteiger partial charge in [-0.2, -0.15) is 0 Å². The lowest BCUT2D eigenvalue weighted by Gasteiger charge is -2.04. The minimum atomic E-state index is -3.59. The number of halogens is 1. The zero-order valence-corrected chi connectivity index (χ0v) is 10.1. The van der Waals surface area contributed by atoms with Gasteiger partial charge >= 0.3 is 5.97 Å². The van der Waals surface area contributed by atoms with Gasteiger partial charge in [0.05, 0.1) is 12.8 Å². The lowest BCUT2D eigenvalue weighted by molar-refractivity contribution is 0.0607. The summed E-state index contributed by atoms with van der Waals surface area (Å²) < 4.78 is 28.9. The van der Waals surface area contributed by atoms with Crippen molar-refractivity contribution in [2.45, 2.75) is 0 Å². The first kappa shape index (κ1) is 12.3. The summed E-state index contributed by atoms with van der Waals surface area (Å²) in [7, 11) is -2.37. The van der Waals surface area contributed by atoms with Gasteiger partial charge < -0.3 is 4.74 Å². The monoisotopic (exact) mass is 269 g/mol. The number of nitrogens with one attached hydrogen (secondary N) is 1. The molecule has 0 radical (unpaired) electrons. The molecule has 1 aromatic heterocycles. The van der Waals surface area contributed by atoms with Crippen LogP contribution in [-0.4, -0.2) is 26.7 Å². The molecule has 0 saturated carbocycles. The molecule has 1 aromatic rings. The van der Waals surface area contributed by atoms with Gasteiger partial charge in [0, 0.05) is 0 Å². The van der Waals surface area contributed by atoms with E-state index in [1.807, 2.05) is 0 Å². The first-order valence-corrected chi connectivity index (χ1v) is 6.79. The van der Waals surface area contributed by atoms with Gasteiger partial charge in [-0.1, -0.05) is 0 Å². The molecule has 0 aliphatic carbocycles. The topological polar surface area (TPSA) is 72.5 Å². The predicted octanol–water partition coefficient (Wildman–Crippen LogP) is 1.47. The molecule has 0 amide bonds. The van der Waals surface area contributed by atoms with Crippen LogP contribution in [0, 0.1) is 0 Å². The molecule has 0 saturated heterocycles. The number of carbonyl (C=O) groups is 1. The van der Waals surface area contributed by atoms with Gasteiger partial charge in [0.15, 0.2) is 0 Å². The molecule has 0 aliphatic rings. The van der Waals surface area contributed by atoms with Crippen molar-refractivity contribution in [3.8, 4) is 0 Å². The highest BCUT2D eigenvalue weighted by molar-refractivity contribution is 7.93. The quantitative estimate of drug-likeness (QED) is 0.664. The molecular weight excluding hydrogens is 262 g/mol. The predicted molar refractivity (Wildman–Crippen MR) is 58.9 cm³/mol. The fourth-order valence-electron chi connectivity index (χ4n) is 0.835. The molecule has 1 N–H and O–H groups in total. The first-order chi connectivity index (χ1) is 7.00. The highest BCUT2D eigenvalue weighted by Crippen LogP contribution is 2.24. The summed E-state index contributed by atoms with van der Waals surface area (Å²) in [5.41, 5.74) is 0.188. The molecule has 84 valence electrons. The van der Waals surface area contributed by atoms with Crippen LogP contribution >= 0.6 is 22.9 Å². The second-order valence-electron chi connectivity index (χ2n) is 2.48. The molecule has 5 nitrogen and oxygen atoms in total. The molecule has 0 atom stereocenters. The van der Waals surface area contributed by atoms with Crippen molar-refractivity contribution in [3.63, 3.8) is 0 Å². The van der Waals surface area contributed by atoms with Gasteiger partial charge in [-0.15, -0.1) is 22.9 Å². The van der Waals surface area contributed by atoms with Gasteiger partial charge in [-0.3, -0.25) is 4.72 Å². The maximum Gasteiger partial charge on any atom is 0.350 e. The molecule has 0 spiro atoms. The van der Waals surface area contributed by atoms with Crippen LogP contribution in [0.15, 0.2) is 11.4 Å². The van der Waals surface area contributed by atoms with E-state index in [0.717, 1.165) is 11.3 Å². The van der Waals surface area contributed by atoms with Crippen molar-refractivity contribution in [1.82, 2.24) is 0 Å². The molecule has 0 bridgehead atoms. The Bertz CT molecular complexity index is 453. The number of alkyl halides is 1. The van der Waals surface area contributed by atoms with E-state index in [2.05, 4.69) is 9.46 Å². The molecule has 15 heavy (non-hydrogen) atoms. The second-order valence-corrected chi connectivity index (χ2v) is 5.70. The summed E-state index contributed by atoms with van der Waals surface area (Å²) in [6, 6.07) is 1.47. The number of thiophene rings is 1. The van der Waals surface area contributed by atoms with E-state index in [4.69, 9.17) is 11.6 Å². The van der Waals surface area contributed by atoms with Crippen LogP contribution in [0.4, 0.5) is 5.69 Å². The number of esters is 1. The number of methoxy groups -OCH3 is 1. The maximum absolute atomic E-state index is 11.2. The Hall–Kier alpha value is -0.790. The number of hydrogen-bond acceptors (Lipinski definition) is 5. The van der Waals surface area contributed by atoms with Crippen molar-refractivity contribution in [1.29, 1.82) is 0 Å². The molecule has 1 heterocycles. The Morgan fingerprint density at radius 3 is 2.87 bits per heavy atom. The highest BCUT2D eigenvalue weighted by Gasteiger charge is 2.17. The number of carbonyl (C=O) groups excluding carboxylic acids is 1. The Kier molecular flexibility index (Phi) is 3.95. The van der Waals surface area contributed by atoms with Crippen molar-refractivity contribution < 1.29 is 17.9 Å². The molecule has 0 unspecified atom stereocenters. The van der Waals surface area contributed by atoms with E-state index in [1.165, 1.54) is 13.2 Å². The van der Waals surface area contributed by atoms with Crippen LogP contribution in [0.3, 0.4) is 0 Å². The van der Waals surface area contributed by atoms with Crippen LogP contribution in [-0.2, 0) is 14.8 Å². The molecule has 0 aromatic carbocycles. The minimum Gasteiger partial charge on any atom is -0.465 e. The van der Waals surface area contributed by atoms with Gasteiger partial charge in [0.25, 0.3) is 0 Å². The largest absolute Gasteiger partial charge is 0.465 e. The van der Waals surface area contributed by atoms with Gasteiger partial charge in [-0.05, 0) is 11.4 Å². The van der Waals surface area contributed by atoms with Crippen molar-refractivity contribution in [2.24, 2.45) is 0 Å². The summed E-state index contributed by atoms with van der Waals surface area (Å²) in [6.07, 6.45) is 0. The van der Waals surface area contributed by atoms with Crippen LogP contribution in [0.5, 0.6) is 0 Å². The highest BCUT2D eigenvalue weighted by atomic mass is 35.5. The Morgan fingerprint density at radius 1 is 1.67 bits per heavy atom. The normalized spacial score (nSPS) is 11.1. The molecule has 8 heteroatoms. The summed E-state index contributed by atoms with van der Waals surface area (Å²) in [5, 5.41) is 1.02. The van der Waals surface area contributed by atoms with Crippen LogP contribution < -0.4 is 4.72 Å². The molecule has 0 aliphatic heterocycles. The zero-order valence-electron chi connectivity index (χ0n) is 7.69. The Balaban J connectivity index is 2.97. The number of anilines is 1. The third kappa shape index (κ3) is 3.08. The summed E-state index contributed by atoms with van der Waals surface area (Å²) in [6.45, 7) is 0. The third-order valence-electron chi connectivity index (χ3n) is 1.45. The molecule has 0 fully saturated rings. The van der Waals surface area contributed by atoms with E-state index >= 15 is 0 Å². The number of hydrogen-bond donors (Lipinski definition) is 1. The fourth-order valence-corrected chi connectivity index (χ4v) is 2.39. The number of sulfonamides is 1. The second kappa shape index (κ2) is 4.82. The van der Waals surface area contributed by atoms with Crippen LogP contribution in [0.25, 0.3) is 0 Å². The lowest BCUT2D eigenvalue weighted by atomic mass is 10.4. The summed E-state index contributed by atoms with van der Waals surface area (Å²) >= 11 is 6.30. The van der Waals surface area contributed by atoms with Crippen LogP contribution in [0.1, 0.15) is 9.67 Å². The first-order valence-electron chi connectivity index (χ1n) is 3.72. The van der Waals surface area contributed by atoms with Crippen LogP contribution in [0.2, 0.25) is 0 Å². The van der Waals surface area contributed by atoms with E-state index in [1.54, 1.807) is 5.38 Å². The zero-order chi connectivity index (χ0) is 11.5. The maximum atomic E-state index is 11.2.